The predicted octanol–water partition coefficient (Wildman–Crippen LogP) is 1.30. The Balaban J connectivity index is 0.000000488. The predicted molar refractivity (Wildman–Crippen MR) is 129 cm³/mol. The summed E-state index contributed by atoms with van der Waals surface area (Å²) in [6.07, 6.45) is 0. The number of benzene rings is 3. The summed E-state index contributed by atoms with van der Waals surface area (Å²) in [5, 5.41) is 29.7. The minimum absolute atomic E-state index is 0. The van der Waals surface area contributed by atoms with Gasteiger partial charge < -0.3 is 15.1 Å². The molecule has 0 aromatic heterocycles. The molecule has 154 valence electrons. The van der Waals surface area contributed by atoms with Crippen LogP contribution >= 0.6 is 14.5 Å². The molecule has 3 rings (SSSR count). The maximum atomic E-state index is 8.42. The molecule has 3 aromatic rings. The van der Waals surface area contributed by atoms with Crippen LogP contribution in [-0.2, 0) is 0 Å². The molecule has 0 spiro atoms. The van der Waals surface area contributed by atoms with E-state index in [2.05, 4.69) is 124 Å². The van der Waals surface area contributed by atoms with Crippen molar-refractivity contribution in [1.29, 1.82) is 0 Å². The summed E-state index contributed by atoms with van der Waals surface area (Å²) in [6.45, 7) is 11.8. The third-order valence-electron chi connectivity index (χ3n) is 4.33. The molecule has 0 aliphatic heterocycles. The van der Waals surface area contributed by atoms with Crippen LogP contribution in [0.1, 0.15) is 1.43 Å². The Kier molecular flexibility index (Phi) is 10.8. The van der Waals surface area contributed by atoms with E-state index in [-0.39, 0.29) is 1.43 Å². The highest BCUT2D eigenvalue weighted by Gasteiger charge is 2.30. The lowest BCUT2D eigenvalue weighted by atomic mass is 10.3. The Morgan fingerprint density at radius 3 is 0.966 bits per heavy atom. The van der Waals surface area contributed by atoms with Crippen LogP contribution in [0.25, 0.3) is 0 Å². The molecular weight excluding hydrogens is 397 g/mol. The summed E-state index contributed by atoms with van der Waals surface area (Å²) in [5.74, 6) is 0. The van der Waals surface area contributed by atoms with Crippen LogP contribution in [0.3, 0.4) is 0 Å². The van der Waals surface area contributed by atoms with Gasteiger partial charge in [0.1, 0.15) is 0 Å². The SMILES string of the molecule is C[P+](C)(C)c1ccccc1.C[P+](C)(c1ccccc1)c1ccccc1.[H+].[O-]B([O-])[O-]. The van der Waals surface area contributed by atoms with Crippen LogP contribution in [0.4, 0.5) is 0 Å². The molecule has 0 saturated carbocycles. The van der Waals surface area contributed by atoms with Crippen LogP contribution in [-0.4, -0.2) is 40.6 Å². The normalized spacial score (nSPS) is 10.8. The van der Waals surface area contributed by atoms with E-state index in [4.69, 9.17) is 15.1 Å². The first-order valence-corrected chi connectivity index (χ1v) is 15.2. The Hall–Kier alpha value is -1.54. The maximum Gasteiger partial charge on any atom is 1.00 e. The Bertz CT molecular complexity index is 768. The Labute approximate surface area is 178 Å². The van der Waals surface area contributed by atoms with E-state index >= 15 is 0 Å². The van der Waals surface area contributed by atoms with Gasteiger partial charge in [0.25, 0.3) is 0 Å². The molecule has 0 heterocycles. The van der Waals surface area contributed by atoms with Gasteiger partial charge in [0.05, 0.1) is 56.5 Å². The average Bonchev–Trinajstić information content (AvgIpc) is 2.69. The first kappa shape index (κ1) is 25.5. The van der Waals surface area contributed by atoms with E-state index in [1.807, 2.05) is 0 Å². The fourth-order valence-electron chi connectivity index (χ4n) is 2.63. The number of hydrogen-bond donors (Lipinski definition) is 0. The lowest BCUT2D eigenvalue weighted by Gasteiger charge is -2.35. The molecule has 0 saturated heterocycles. The zero-order valence-corrected chi connectivity index (χ0v) is 19.6. The second-order valence-electron chi connectivity index (χ2n) is 7.76. The fourth-order valence-corrected chi connectivity index (χ4v) is 5.83. The second kappa shape index (κ2) is 12.2. The van der Waals surface area contributed by atoms with Crippen molar-refractivity contribution in [3.05, 3.63) is 91.0 Å². The molecule has 0 radical (unpaired) electrons. The summed E-state index contributed by atoms with van der Waals surface area (Å²) < 4.78 is 0. The lowest BCUT2D eigenvalue weighted by Crippen LogP contribution is -2.56. The summed E-state index contributed by atoms with van der Waals surface area (Å²) >= 11 is 0. The van der Waals surface area contributed by atoms with Crippen molar-refractivity contribution in [3.8, 4) is 0 Å². The van der Waals surface area contributed by atoms with Crippen molar-refractivity contribution in [2.45, 2.75) is 0 Å². The summed E-state index contributed by atoms with van der Waals surface area (Å²) in [7, 11) is -4.83. The van der Waals surface area contributed by atoms with Crippen LogP contribution in [0, 0.1) is 0 Å². The van der Waals surface area contributed by atoms with Crippen molar-refractivity contribution in [1.82, 2.24) is 0 Å². The van der Waals surface area contributed by atoms with Crippen molar-refractivity contribution in [3.63, 3.8) is 0 Å². The second-order valence-corrected chi connectivity index (χ2v) is 16.2. The van der Waals surface area contributed by atoms with Gasteiger partial charge in [-0.3, -0.25) is 7.32 Å². The van der Waals surface area contributed by atoms with Gasteiger partial charge in [-0.1, -0.05) is 54.6 Å². The fraction of sp³-hybridized carbons (Fsp3) is 0.217. The molecule has 0 aliphatic rings. The van der Waals surface area contributed by atoms with Gasteiger partial charge in [-0.25, -0.2) is 0 Å². The molecule has 6 heteroatoms. The van der Waals surface area contributed by atoms with Gasteiger partial charge in [-0.15, -0.1) is 0 Å². The average molecular weight is 428 g/mol. The van der Waals surface area contributed by atoms with Crippen LogP contribution in [0.2, 0.25) is 0 Å². The third-order valence-corrected chi connectivity index (χ3v) is 9.36. The molecule has 3 aromatic carbocycles. The molecule has 0 unspecified atom stereocenters. The summed E-state index contributed by atoms with van der Waals surface area (Å²) in [6, 6.07) is 32.3. The highest BCUT2D eigenvalue weighted by molar-refractivity contribution is 7.88. The zero-order chi connectivity index (χ0) is 21.9. The third kappa shape index (κ3) is 9.67. The van der Waals surface area contributed by atoms with Gasteiger partial charge >= 0.3 is 1.43 Å². The molecule has 3 nitrogen and oxygen atoms in total. The molecule has 0 fully saturated rings. The van der Waals surface area contributed by atoms with Gasteiger partial charge in [-0.05, 0) is 36.4 Å². The molecule has 0 N–H and O–H groups in total. The standard InChI is InChI=1S/C14H16P.C9H14P.BO3/c1-15(2,13-9-5-3-6-10-13)14-11-7-4-8-12-14;1-10(2,3)9-7-5-4-6-8-9;2-1(3)4/h3-12H,1-2H3;4-8H,1-3H3;/q2*+1;-3/p+1. The molecule has 29 heavy (non-hydrogen) atoms. The van der Waals surface area contributed by atoms with E-state index in [0.717, 1.165) is 0 Å². The van der Waals surface area contributed by atoms with Crippen molar-refractivity contribution in [2.75, 3.05) is 33.3 Å². The summed E-state index contributed by atoms with van der Waals surface area (Å²) in [4.78, 5) is 0. The van der Waals surface area contributed by atoms with E-state index in [1.165, 1.54) is 15.9 Å². The molecule has 0 atom stereocenters. The molecular formula is C23H31BO3P2. The quantitative estimate of drug-likeness (QED) is 0.467. The first-order chi connectivity index (χ1) is 13.5. The molecule has 0 amide bonds. The van der Waals surface area contributed by atoms with Crippen molar-refractivity contribution >= 4 is 37.8 Å². The Morgan fingerprint density at radius 2 is 0.759 bits per heavy atom. The molecule has 0 bridgehead atoms. The number of hydrogen-bond acceptors (Lipinski definition) is 3. The number of rotatable bonds is 3. The maximum absolute atomic E-state index is 8.42. The van der Waals surface area contributed by atoms with E-state index in [0.29, 0.717) is 0 Å². The van der Waals surface area contributed by atoms with Crippen molar-refractivity contribution in [2.24, 2.45) is 0 Å². The highest BCUT2D eigenvalue weighted by atomic mass is 31.2. The van der Waals surface area contributed by atoms with Crippen LogP contribution < -0.4 is 31.0 Å². The van der Waals surface area contributed by atoms with Crippen LogP contribution in [0.5, 0.6) is 0 Å². The van der Waals surface area contributed by atoms with Gasteiger partial charge in [0, 0.05) is 7.26 Å². The zero-order valence-electron chi connectivity index (χ0n) is 18.9. The monoisotopic (exact) mass is 428 g/mol. The minimum atomic E-state index is -2.92. The highest BCUT2D eigenvalue weighted by Crippen LogP contribution is 2.48. The van der Waals surface area contributed by atoms with Gasteiger partial charge in [0.15, 0.2) is 0 Å². The topological polar surface area (TPSA) is 69.2 Å². The van der Waals surface area contributed by atoms with E-state index in [1.54, 1.807) is 0 Å². The van der Waals surface area contributed by atoms with Crippen molar-refractivity contribution < 1.29 is 16.5 Å². The van der Waals surface area contributed by atoms with E-state index < -0.39 is 21.8 Å². The lowest BCUT2D eigenvalue weighted by molar-refractivity contribution is -0.479. The van der Waals surface area contributed by atoms with Gasteiger partial charge in [0.2, 0.25) is 0 Å². The smallest absolute Gasteiger partial charge is 0.907 e. The Morgan fingerprint density at radius 1 is 0.517 bits per heavy atom. The minimum Gasteiger partial charge on any atom is -0.907 e. The largest absolute Gasteiger partial charge is 1.00 e. The molecule has 0 aliphatic carbocycles. The first-order valence-electron chi connectivity index (χ1n) is 9.35. The summed E-state index contributed by atoms with van der Waals surface area (Å²) in [5.41, 5.74) is 0. The van der Waals surface area contributed by atoms with Crippen LogP contribution in [0.15, 0.2) is 91.0 Å². The van der Waals surface area contributed by atoms with E-state index in [9.17, 15) is 0 Å². The van der Waals surface area contributed by atoms with Gasteiger partial charge in [-0.2, -0.15) is 0 Å².